The molecule has 9 nitrogen and oxygen atoms in total. The van der Waals surface area contributed by atoms with Crippen LogP contribution in [0.4, 0.5) is 17.6 Å². The maximum absolute atomic E-state index is 14.5. The summed E-state index contributed by atoms with van der Waals surface area (Å²) < 4.78 is 63.8. The quantitative estimate of drug-likeness (QED) is 0.483. The van der Waals surface area contributed by atoms with Crippen molar-refractivity contribution in [3.8, 4) is 11.4 Å². The number of aromatic nitrogens is 2. The lowest BCUT2D eigenvalue weighted by atomic mass is 10.2. The van der Waals surface area contributed by atoms with Crippen molar-refractivity contribution in [1.29, 1.82) is 0 Å². The largest absolute Gasteiger partial charge is 0.479 e. The van der Waals surface area contributed by atoms with Crippen molar-refractivity contribution in [1.82, 2.24) is 14.5 Å². The van der Waals surface area contributed by atoms with Crippen molar-refractivity contribution < 1.29 is 36.6 Å². The molecule has 1 aromatic carbocycles. The van der Waals surface area contributed by atoms with Gasteiger partial charge in [0.2, 0.25) is 0 Å². The summed E-state index contributed by atoms with van der Waals surface area (Å²) in [4.78, 5) is 48.3. The lowest BCUT2D eigenvalue weighted by Gasteiger charge is -2.19. The fourth-order valence-electron chi connectivity index (χ4n) is 2.71. The summed E-state index contributed by atoms with van der Waals surface area (Å²) in [6.45, 7) is 2.62. The Hall–Kier alpha value is -3.35. The van der Waals surface area contributed by atoms with Gasteiger partial charge in [-0.2, -0.15) is 13.2 Å². The van der Waals surface area contributed by atoms with Gasteiger partial charge in [-0.25, -0.2) is 18.5 Å². The maximum Gasteiger partial charge on any atom is 0.431 e. The number of amides is 1. The standard InChI is InChI=1S/C19H18ClF4N3O6/c1-8(17(30)32-4)25-16(29)9(2)33-13-6-12(11(21)5-10(13)20)27-15(28)7-14(19(22,23)24)26(3)18(27)31/h5-9H,1-4H3,(H,25,29). The van der Waals surface area contributed by atoms with E-state index in [9.17, 15) is 36.7 Å². The molecular weight excluding hydrogens is 478 g/mol. The summed E-state index contributed by atoms with van der Waals surface area (Å²) in [7, 11) is 1.89. The zero-order chi connectivity index (χ0) is 25.2. The first-order chi connectivity index (χ1) is 15.2. The Labute approximate surface area is 188 Å². The number of halogens is 5. The van der Waals surface area contributed by atoms with E-state index in [0.29, 0.717) is 6.07 Å². The predicted octanol–water partition coefficient (Wildman–Crippen LogP) is 1.79. The second-order valence-electron chi connectivity index (χ2n) is 6.79. The van der Waals surface area contributed by atoms with Crippen LogP contribution in [0.5, 0.6) is 5.75 Å². The maximum atomic E-state index is 14.5. The number of benzene rings is 1. The van der Waals surface area contributed by atoms with E-state index in [1.165, 1.54) is 13.8 Å². The molecule has 2 unspecified atom stereocenters. The molecule has 33 heavy (non-hydrogen) atoms. The highest BCUT2D eigenvalue weighted by molar-refractivity contribution is 6.32. The van der Waals surface area contributed by atoms with Crippen molar-refractivity contribution in [3.63, 3.8) is 0 Å². The van der Waals surface area contributed by atoms with Gasteiger partial charge in [-0.1, -0.05) is 11.6 Å². The summed E-state index contributed by atoms with van der Waals surface area (Å²) in [6, 6.07) is 0.584. The van der Waals surface area contributed by atoms with E-state index in [0.717, 1.165) is 20.2 Å². The minimum Gasteiger partial charge on any atom is -0.479 e. The minimum absolute atomic E-state index is 0.139. The average Bonchev–Trinajstić information content (AvgIpc) is 2.71. The average molecular weight is 496 g/mol. The number of hydrogen-bond donors (Lipinski definition) is 1. The first-order valence-electron chi connectivity index (χ1n) is 9.13. The van der Waals surface area contributed by atoms with Crippen LogP contribution in [0.3, 0.4) is 0 Å². The first-order valence-corrected chi connectivity index (χ1v) is 9.51. The SMILES string of the molecule is COC(=O)C(C)NC(=O)C(C)Oc1cc(-n2c(=O)cc(C(F)(F)F)n(C)c2=O)c(F)cc1Cl. The van der Waals surface area contributed by atoms with E-state index >= 15 is 0 Å². The molecule has 0 fully saturated rings. The van der Waals surface area contributed by atoms with E-state index in [1.807, 2.05) is 0 Å². The van der Waals surface area contributed by atoms with Gasteiger partial charge in [0.05, 0.1) is 17.8 Å². The molecule has 0 aliphatic rings. The highest BCUT2D eigenvalue weighted by Gasteiger charge is 2.35. The molecular formula is C19H18ClF4N3O6. The van der Waals surface area contributed by atoms with Crippen molar-refractivity contribution in [2.24, 2.45) is 7.05 Å². The summed E-state index contributed by atoms with van der Waals surface area (Å²) in [5, 5.41) is 1.95. The predicted molar refractivity (Wildman–Crippen MR) is 107 cm³/mol. The summed E-state index contributed by atoms with van der Waals surface area (Å²) in [6.07, 6.45) is -6.29. The Bertz CT molecular complexity index is 1210. The molecule has 1 heterocycles. The van der Waals surface area contributed by atoms with Crippen LogP contribution in [0.2, 0.25) is 5.02 Å². The molecule has 14 heteroatoms. The van der Waals surface area contributed by atoms with Crippen LogP contribution < -0.4 is 21.3 Å². The van der Waals surface area contributed by atoms with Crippen molar-refractivity contribution in [2.45, 2.75) is 32.2 Å². The first kappa shape index (κ1) is 25.9. The molecule has 0 bridgehead atoms. The Morgan fingerprint density at radius 2 is 1.76 bits per heavy atom. The van der Waals surface area contributed by atoms with Gasteiger partial charge in [0.1, 0.15) is 23.3 Å². The van der Waals surface area contributed by atoms with Crippen LogP contribution in [-0.4, -0.2) is 40.3 Å². The molecule has 0 saturated carbocycles. The summed E-state index contributed by atoms with van der Waals surface area (Å²) in [5.74, 6) is -3.06. The zero-order valence-corrected chi connectivity index (χ0v) is 18.4. The number of carbonyl (C=O) groups excluding carboxylic acids is 2. The number of nitrogens with zero attached hydrogens (tertiary/aromatic N) is 2. The highest BCUT2D eigenvalue weighted by atomic mass is 35.5. The molecule has 0 spiro atoms. The zero-order valence-electron chi connectivity index (χ0n) is 17.6. The number of nitrogens with one attached hydrogen (secondary N) is 1. The van der Waals surface area contributed by atoms with Gasteiger partial charge in [0, 0.05) is 19.2 Å². The Morgan fingerprint density at radius 1 is 1.15 bits per heavy atom. The van der Waals surface area contributed by atoms with E-state index in [-0.39, 0.29) is 26.0 Å². The normalized spacial score (nSPS) is 13.2. The minimum atomic E-state index is -5.00. The van der Waals surface area contributed by atoms with E-state index in [1.54, 1.807) is 0 Å². The van der Waals surface area contributed by atoms with E-state index < -0.39 is 58.6 Å². The smallest absolute Gasteiger partial charge is 0.431 e. The molecule has 1 N–H and O–H groups in total. The van der Waals surface area contributed by atoms with Crippen LogP contribution in [0.15, 0.2) is 27.8 Å². The second-order valence-corrected chi connectivity index (χ2v) is 7.20. The van der Waals surface area contributed by atoms with Crippen LogP contribution >= 0.6 is 11.6 Å². The number of methoxy groups -OCH3 is 1. The molecule has 0 aliphatic carbocycles. The Balaban J connectivity index is 2.48. The molecule has 1 amide bonds. The fraction of sp³-hybridized carbons (Fsp3) is 0.368. The highest BCUT2D eigenvalue weighted by Crippen LogP contribution is 2.30. The van der Waals surface area contributed by atoms with Crippen LogP contribution in [0, 0.1) is 5.82 Å². The third-order valence-electron chi connectivity index (χ3n) is 4.44. The van der Waals surface area contributed by atoms with E-state index in [4.69, 9.17) is 16.3 Å². The molecule has 2 aromatic rings. The monoisotopic (exact) mass is 495 g/mol. The molecule has 180 valence electrons. The van der Waals surface area contributed by atoms with Gasteiger partial charge in [-0.15, -0.1) is 0 Å². The van der Waals surface area contributed by atoms with Gasteiger partial charge < -0.3 is 14.8 Å². The third-order valence-corrected chi connectivity index (χ3v) is 4.73. The lowest BCUT2D eigenvalue weighted by molar-refractivity contribution is -0.145. The molecule has 2 atom stereocenters. The fourth-order valence-corrected chi connectivity index (χ4v) is 2.90. The number of esters is 1. The van der Waals surface area contributed by atoms with Crippen LogP contribution in [0.25, 0.3) is 5.69 Å². The number of carbonyl (C=O) groups is 2. The van der Waals surface area contributed by atoms with Gasteiger partial charge in [-0.05, 0) is 19.9 Å². The third kappa shape index (κ3) is 5.53. The Morgan fingerprint density at radius 3 is 2.30 bits per heavy atom. The van der Waals surface area contributed by atoms with Crippen molar-refractivity contribution in [3.05, 3.63) is 55.6 Å². The van der Waals surface area contributed by atoms with Crippen LogP contribution in [-0.2, 0) is 27.5 Å². The topological polar surface area (TPSA) is 109 Å². The molecule has 1 aromatic heterocycles. The number of hydrogen-bond acceptors (Lipinski definition) is 6. The Kier molecular flexibility index (Phi) is 7.57. The van der Waals surface area contributed by atoms with E-state index in [2.05, 4.69) is 10.1 Å². The summed E-state index contributed by atoms with van der Waals surface area (Å²) >= 11 is 5.92. The molecule has 0 radical (unpaired) electrons. The van der Waals surface area contributed by atoms with Crippen molar-refractivity contribution in [2.75, 3.05) is 7.11 Å². The van der Waals surface area contributed by atoms with Crippen LogP contribution in [0.1, 0.15) is 19.5 Å². The number of alkyl halides is 3. The molecule has 0 aliphatic heterocycles. The molecule has 0 saturated heterocycles. The van der Waals surface area contributed by atoms with Gasteiger partial charge in [-0.3, -0.25) is 14.2 Å². The summed E-state index contributed by atoms with van der Waals surface area (Å²) in [5.41, 5.74) is -5.19. The van der Waals surface area contributed by atoms with Gasteiger partial charge >= 0.3 is 17.8 Å². The number of ether oxygens (including phenoxy) is 2. The second kappa shape index (κ2) is 9.65. The van der Waals surface area contributed by atoms with Gasteiger partial charge in [0.15, 0.2) is 6.10 Å². The van der Waals surface area contributed by atoms with Crippen molar-refractivity contribution >= 4 is 23.5 Å². The van der Waals surface area contributed by atoms with Gasteiger partial charge in [0.25, 0.3) is 11.5 Å². The number of rotatable bonds is 6. The molecule has 2 rings (SSSR count). The lowest BCUT2D eigenvalue weighted by Crippen LogP contribution is -2.45.